The number of amides is 1. The molecular formula is C18H28ClN3O. The van der Waals surface area contributed by atoms with Gasteiger partial charge in [0.05, 0.1) is 0 Å². The number of hydrogen-bond acceptors (Lipinski definition) is 3. The molecule has 0 spiro atoms. The second-order valence-corrected chi connectivity index (χ2v) is 6.75. The van der Waals surface area contributed by atoms with E-state index in [0.29, 0.717) is 6.04 Å². The summed E-state index contributed by atoms with van der Waals surface area (Å²) in [4.78, 5) is 17.5. The Morgan fingerprint density at radius 1 is 1.09 bits per heavy atom. The lowest BCUT2D eigenvalue weighted by atomic mass is 9.99. The van der Waals surface area contributed by atoms with Gasteiger partial charge in [0, 0.05) is 50.9 Å². The number of halogens is 1. The minimum absolute atomic E-state index is 0. The molecule has 1 atom stereocenters. The van der Waals surface area contributed by atoms with Crippen molar-refractivity contribution in [2.75, 3.05) is 39.3 Å². The fourth-order valence-electron chi connectivity index (χ4n) is 3.95. The maximum absolute atomic E-state index is 12.9. The topological polar surface area (TPSA) is 35.6 Å². The van der Waals surface area contributed by atoms with Crippen molar-refractivity contribution in [2.45, 2.75) is 33.2 Å². The van der Waals surface area contributed by atoms with Gasteiger partial charge in [0.2, 0.25) is 0 Å². The van der Waals surface area contributed by atoms with Crippen molar-refractivity contribution in [3.8, 4) is 0 Å². The third-order valence-corrected chi connectivity index (χ3v) is 5.01. The summed E-state index contributed by atoms with van der Waals surface area (Å²) in [6, 6.07) is 4.77. The van der Waals surface area contributed by atoms with Crippen LogP contribution in [0.5, 0.6) is 0 Å². The first kappa shape index (κ1) is 18.2. The lowest BCUT2D eigenvalue weighted by Gasteiger charge is -2.32. The van der Waals surface area contributed by atoms with Crippen LogP contribution in [0.1, 0.15) is 33.5 Å². The molecule has 1 amide bonds. The Kier molecular flexibility index (Phi) is 6.06. The van der Waals surface area contributed by atoms with E-state index in [2.05, 4.69) is 48.0 Å². The first-order valence-electron chi connectivity index (χ1n) is 8.38. The zero-order chi connectivity index (χ0) is 15.7. The fourth-order valence-corrected chi connectivity index (χ4v) is 3.95. The van der Waals surface area contributed by atoms with Crippen LogP contribution in [-0.4, -0.2) is 61.0 Å². The molecule has 5 heteroatoms. The van der Waals surface area contributed by atoms with Crippen molar-refractivity contribution in [1.29, 1.82) is 0 Å². The van der Waals surface area contributed by atoms with Gasteiger partial charge in [-0.05, 0) is 38.3 Å². The van der Waals surface area contributed by atoms with E-state index in [4.69, 9.17) is 0 Å². The number of benzene rings is 1. The standard InChI is InChI=1S/C18H27N3O.ClH/c1-13-10-14(2)17(15(3)11-13)18(22)21-7-4-16(12-21)20-8-5-19-6-9-20;/h10-11,16,19H,4-9,12H2,1-3H3;1H. The van der Waals surface area contributed by atoms with Crippen molar-refractivity contribution in [1.82, 2.24) is 15.1 Å². The number of hydrogen-bond donors (Lipinski definition) is 1. The molecule has 128 valence electrons. The van der Waals surface area contributed by atoms with E-state index in [1.54, 1.807) is 0 Å². The summed E-state index contributed by atoms with van der Waals surface area (Å²) in [7, 11) is 0. The van der Waals surface area contributed by atoms with Crippen LogP contribution in [-0.2, 0) is 0 Å². The molecule has 23 heavy (non-hydrogen) atoms. The molecule has 2 fully saturated rings. The van der Waals surface area contributed by atoms with Crippen molar-refractivity contribution in [3.05, 3.63) is 34.4 Å². The Morgan fingerprint density at radius 2 is 1.70 bits per heavy atom. The van der Waals surface area contributed by atoms with Gasteiger partial charge in [-0.15, -0.1) is 12.4 Å². The molecule has 1 aromatic carbocycles. The van der Waals surface area contributed by atoms with Crippen molar-refractivity contribution in [3.63, 3.8) is 0 Å². The number of aryl methyl sites for hydroxylation is 3. The number of likely N-dealkylation sites (tertiary alicyclic amines) is 1. The Labute approximate surface area is 145 Å². The lowest BCUT2D eigenvalue weighted by molar-refractivity contribution is 0.0772. The average Bonchev–Trinajstić information content (AvgIpc) is 2.97. The molecule has 1 unspecified atom stereocenters. The normalized spacial score (nSPS) is 22.0. The summed E-state index contributed by atoms with van der Waals surface area (Å²) in [6.45, 7) is 12.3. The Bertz CT molecular complexity index is 546. The lowest BCUT2D eigenvalue weighted by Crippen LogP contribution is -2.49. The summed E-state index contributed by atoms with van der Waals surface area (Å²) in [5.41, 5.74) is 4.35. The number of nitrogens with one attached hydrogen (secondary N) is 1. The van der Waals surface area contributed by atoms with Crippen LogP contribution in [0.15, 0.2) is 12.1 Å². The summed E-state index contributed by atoms with van der Waals surface area (Å²) in [5, 5.41) is 3.40. The van der Waals surface area contributed by atoms with E-state index < -0.39 is 0 Å². The van der Waals surface area contributed by atoms with E-state index in [1.807, 2.05) is 0 Å². The average molecular weight is 338 g/mol. The molecule has 4 nitrogen and oxygen atoms in total. The maximum atomic E-state index is 12.9. The number of piperazine rings is 1. The van der Waals surface area contributed by atoms with Crippen molar-refractivity contribution < 1.29 is 4.79 Å². The minimum Gasteiger partial charge on any atom is -0.337 e. The van der Waals surface area contributed by atoms with Crippen LogP contribution in [0.3, 0.4) is 0 Å². The van der Waals surface area contributed by atoms with E-state index in [-0.39, 0.29) is 18.3 Å². The van der Waals surface area contributed by atoms with Gasteiger partial charge in [0.25, 0.3) is 5.91 Å². The largest absolute Gasteiger partial charge is 0.337 e. The summed E-state index contributed by atoms with van der Waals surface area (Å²) < 4.78 is 0. The van der Waals surface area contributed by atoms with Crippen LogP contribution in [0.25, 0.3) is 0 Å². The summed E-state index contributed by atoms with van der Waals surface area (Å²) >= 11 is 0. The third kappa shape index (κ3) is 3.87. The first-order valence-corrected chi connectivity index (χ1v) is 8.38. The van der Waals surface area contributed by atoms with E-state index in [0.717, 1.165) is 62.4 Å². The zero-order valence-corrected chi connectivity index (χ0v) is 15.2. The highest BCUT2D eigenvalue weighted by atomic mass is 35.5. The molecule has 0 radical (unpaired) electrons. The fraction of sp³-hybridized carbons (Fsp3) is 0.611. The van der Waals surface area contributed by atoms with Crippen molar-refractivity contribution in [2.24, 2.45) is 0 Å². The Hall–Kier alpha value is -1.10. The third-order valence-electron chi connectivity index (χ3n) is 5.01. The molecule has 2 aliphatic heterocycles. The van der Waals surface area contributed by atoms with Gasteiger partial charge >= 0.3 is 0 Å². The van der Waals surface area contributed by atoms with Gasteiger partial charge in [-0.2, -0.15) is 0 Å². The highest BCUT2D eigenvalue weighted by molar-refractivity contribution is 5.97. The minimum atomic E-state index is 0. The maximum Gasteiger partial charge on any atom is 0.254 e. The SMILES string of the molecule is Cc1cc(C)c(C(=O)N2CCC(N3CCNCC3)C2)c(C)c1.Cl. The second-order valence-electron chi connectivity index (χ2n) is 6.75. The first-order chi connectivity index (χ1) is 10.6. The van der Waals surface area contributed by atoms with Crippen LogP contribution in [0, 0.1) is 20.8 Å². The van der Waals surface area contributed by atoms with E-state index >= 15 is 0 Å². The Balaban J connectivity index is 0.00000192. The number of carbonyl (C=O) groups excluding carboxylic acids is 1. The van der Waals surface area contributed by atoms with E-state index in [9.17, 15) is 4.79 Å². The van der Waals surface area contributed by atoms with Crippen LogP contribution in [0.4, 0.5) is 0 Å². The van der Waals surface area contributed by atoms with Gasteiger partial charge in [0.1, 0.15) is 0 Å². The van der Waals surface area contributed by atoms with Crippen LogP contribution >= 0.6 is 12.4 Å². The molecule has 0 saturated carbocycles. The molecule has 0 aromatic heterocycles. The molecule has 1 N–H and O–H groups in total. The van der Waals surface area contributed by atoms with Gasteiger partial charge in [-0.3, -0.25) is 9.69 Å². The predicted molar refractivity (Wildman–Crippen MR) is 96.7 cm³/mol. The highest BCUT2D eigenvalue weighted by Crippen LogP contribution is 2.23. The predicted octanol–water partition coefficient (Wildman–Crippen LogP) is 2.15. The quantitative estimate of drug-likeness (QED) is 0.898. The smallest absolute Gasteiger partial charge is 0.254 e. The van der Waals surface area contributed by atoms with Crippen LogP contribution < -0.4 is 5.32 Å². The van der Waals surface area contributed by atoms with Gasteiger partial charge in [0.15, 0.2) is 0 Å². The second kappa shape index (κ2) is 7.65. The highest BCUT2D eigenvalue weighted by Gasteiger charge is 2.32. The Morgan fingerprint density at radius 3 is 2.30 bits per heavy atom. The summed E-state index contributed by atoms with van der Waals surface area (Å²) in [6.07, 6.45) is 1.11. The van der Waals surface area contributed by atoms with E-state index in [1.165, 1.54) is 5.56 Å². The van der Waals surface area contributed by atoms with Crippen molar-refractivity contribution >= 4 is 18.3 Å². The zero-order valence-electron chi connectivity index (χ0n) is 14.4. The van der Waals surface area contributed by atoms with Gasteiger partial charge in [-0.1, -0.05) is 17.7 Å². The van der Waals surface area contributed by atoms with Gasteiger partial charge in [-0.25, -0.2) is 0 Å². The molecule has 2 aliphatic rings. The molecule has 0 aliphatic carbocycles. The molecule has 2 saturated heterocycles. The monoisotopic (exact) mass is 337 g/mol. The summed E-state index contributed by atoms with van der Waals surface area (Å²) in [5.74, 6) is 0.215. The molecule has 3 rings (SSSR count). The van der Waals surface area contributed by atoms with Crippen LogP contribution in [0.2, 0.25) is 0 Å². The van der Waals surface area contributed by atoms with Gasteiger partial charge < -0.3 is 10.2 Å². The number of rotatable bonds is 2. The molecule has 2 heterocycles. The number of nitrogens with zero attached hydrogens (tertiary/aromatic N) is 2. The number of carbonyl (C=O) groups is 1. The molecule has 0 bridgehead atoms. The molecular weight excluding hydrogens is 310 g/mol. The molecule has 1 aromatic rings.